The van der Waals surface area contributed by atoms with Crippen molar-refractivity contribution in [3.05, 3.63) is 87.8 Å². The highest BCUT2D eigenvalue weighted by atomic mass is 32.2. The number of benzene rings is 2. The van der Waals surface area contributed by atoms with Crippen LogP contribution in [0.1, 0.15) is 41.3 Å². The molecule has 0 saturated carbocycles. The van der Waals surface area contributed by atoms with Crippen LogP contribution in [0.5, 0.6) is 5.75 Å². The molecule has 2 unspecified atom stereocenters. The number of anilines is 2. The van der Waals surface area contributed by atoms with Crippen LogP contribution >= 0.6 is 0 Å². The van der Waals surface area contributed by atoms with Crippen LogP contribution in [-0.2, 0) is 22.0 Å². The van der Waals surface area contributed by atoms with Crippen molar-refractivity contribution in [1.82, 2.24) is 19.4 Å². The lowest BCUT2D eigenvalue weighted by molar-refractivity contribution is 0.332. The highest BCUT2D eigenvalue weighted by molar-refractivity contribution is 7.90. The molecule has 9 nitrogen and oxygen atoms in total. The van der Waals surface area contributed by atoms with E-state index in [2.05, 4.69) is 39.4 Å². The van der Waals surface area contributed by atoms with Crippen molar-refractivity contribution in [2.45, 2.75) is 36.8 Å². The summed E-state index contributed by atoms with van der Waals surface area (Å²) in [5.74, 6) is 0.746. The lowest BCUT2D eigenvalue weighted by Crippen LogP contribution is -2.36. The van der Waals surface area contributed by atoms with Crippen LogP contribution in [0.2, 0.25) is 0 Å². The van der Waals surface area contributed by atoms with Crippen LogP contribution < -0.4 is 15.6 Å². The first-order valence-corrected chi connectivity index (χ1v) is 14.9. The number of likely N-dealkylation sites (tertiary alicyclic amines) is 1. The second-order valence-electron chi connectivity index (χ2n) is 10.3. The average Bonchev–Trinajstić information content (AvgIpc) is 3.36. The summed E-state index contributed by atoms with van der Waals surface area (Å²) < 4.78 is 33.8. The summed E-state index contributed by atoms with van der Waals surface area (Å²) in [5, 5.41) is 2.64. The van der Waals surface area contributed by atoms with Gasteiger partial charge in [-0.15, -0.1) is 0 Å². The maximum Gasteiger partial charge on any atom is 0.295 e. The van der Waals surface area contributed by atoms with E-state index in [1.807, 2.05) is 36.4 Å². The van der Waals surface area contributed by atoms with Gasteiger partial charge >= 0.3 is 0 Å². The van der Waals surface area contributed by atoms with Gasteiger partial charge in [0.05, 0.1) is 12.4 Å². The molecule has 0 aliphatic carbocycles. The zero-order chi connectivity index (χ0) is 27.1. The molecule has 1 saturated heterocycles. The van der Waals surface area contributed by atoms with E-state index in [0.29, 0.717) is 11.3 Å². The number of nitrogens with one attached hydrogen (secondary N) is 1. The largest absolute Gasteiger partial charge is 0.488 e. The highest BCUT2D eigenvalue weighted by Gasteiger charge is 2.36. The summed E-state index contributed by atoms with van der Waals surface area (Å²) in [5.41, 5.74) is 3.50. The van der Waals surface area contributed by atoms with Crippen LogP contribution in [0.3, 0.4) is 0 Å². The Morgan fingerprint density at radius 1 is 1.10 bits per heavy atom. The first-order valence-electron chi connectivity index (χ1n) is 13.2. The third-order valence-corrected chi connectivity index (χ3v) is 9.56. The molecular weight excluding hydrogens is 514 g/mol. The minimum absolute atomic E-state index is 0.0801. The number of hydrogen-bond donors (Lipinski definition) is 1. The van der Waals surface area contributed by atoms with Crippen molar-refractivity contribution in [2.24, 2.45) is 0 Å². The van der Waals surface area contributed by atoms with E-state index in [4.69, 9.17) is 4.74 Å². The minimum atomic E-state index is -3.70. The van der Waals surface area contributed by atoms with Crippen molar-refractivity contribution in [3.8, 4) is 5.75 Å². The molecule has 6 rings (SSSR count). The smallest absolute Gasteiger partial charge is 0.295 e. The highest BCUT2D eigenvalue weighted by Crippen LogP contribution is 2.34. The number of fused-ring (bicyclic) bond motifs is 2. The van der Waals surface area contributed by atoms with E-state index < -0.39 is 20.8 Å². The molecule has 2 aromatic carbocycles. The Kier molecular flexibility index (Phi) is 6.60. The first-order chi connectivity index (χ1) is 18.8. The van der Waals surface area contributed by atoms with Gasteiger partial charge < -0.3 is 15.0 Å². The van der Waals surface area contributed by atoms with Crippen molar-refractivity contribution >= 4 is 32.5 Å². The molecule has 10 heteroatoms. The Bertz CT molecular complexity index is 1700. The first kappa shape index (κ1) is 25.5. The van der Waals surface area contributed by atoms with Gasteiger partial charge in [-0.1, -0.05) is 36.4 Å². The molecule has 2 aliphatic rings. The number of likely N-dealkylation sites (N-methyl/N-ethyl adjacent to an activating group) is 1. The summed E-state index contributed by atoms with van der Waals surface area (Å²) in [6, 6.07) is 17.2. The van der Waals surface area contributed by atoms with E-state index in [1.165, 1.54) is 10.1 Å². The van der Waals surface area contributed by atoms with Gasteiger partial charge in [0.15, 0.2) is 15.6 Å². The molecule has 0 amide bonds. The molecule has 1 N–H and O–H groups in total. The van der Waals surface area contributed by atoms with Crippen LogP contribution in [0.4, 0.5) is 11.6 Å². The minimum Gasteiger partial charge on any atom is -0.488 e. The summed E-state index contributed by atoms with van der Waals surface area (Å²) in [7, 11) is -1.56. The van der Waals surface area contributed by atoms with Gasteiger partial charge in [-0.2, -0.15) is 4.98 Å². The standard InChI is InChI=1S/C29H31N5O4S/c1-3-38-25-14-23-16-30-29(31-24-10-8-19(9-11-24)21-12-13-33(2)17-21)32-27(23)34(28(25)35)26-15-20-6-4-5-7-22(20)18-39(26,36)37/h4-11,14,16,21,26H,3,12-13,15,17-18H2,1-2H3,(H,30,31,32). The molecule has 39 heavy (non-hydrogen) atoms. The van der Waals surface area contributed by atoms with Gasteiger partial charge in [0.2, 0.25) is 5.95 Å². The normalized spacial score (nSPS) is 20.6. The third kappa shape index (κ3) is 4.90. The molecule has 2 aromatic heterocycles. The van der Waals surface area contributed by atoms with Crippen LogP contribution in [0.15, 0.2) is 65.6 Å². The number of aromatic nitrogens is 3. The fourth-order valence-electron chi connectivity index (χ4n) is 5.63. The van der Waals surface area contributed by atoms with Crippen LogP contribution in [-0.4, -0.2) is 54.6 Å². The van der Waals surface area contributed by atoms with Crippen LogP contribution in [0.25, 0.3) is 11.0 Å². The average molecular weight is 546 g/mol. The predicted molar refractivity (Wildman–Crippen MR) is 151 cm³/mol. The second-order valence-corrected chi connectivity index (χ2v) is 12.5. The van der Waals surface area contributed by atoms with Crippen molar-refractivity contribution < 1.29 is 13.2 Å². The number of ether oxygens (including phenoxy) is 1. The van der Waals surface area contributed by atoms with Gasteiger partial charge in [0, 0.05) is 30.2 Å². The number of nitrogens with zero attached hydrogens (tertiary/aromatic N) is 4. The van der Waals surface area contributed by atoms with Crippen LogP contribution in [0, 0.1) is 0 Å². The molecule has 4 heterocycles. The van der Waals surface area contributed by atoms with Gasteiger partial charge in [-0.25, -0.2) is 13.4 Å². The molecule has 0 radical (unpaired) electrons. The van der Waals surface area contributed by atoms with Gasteiger partial charge in [0.25, 0.3) is 5.56 Å². The lowest BCUT2D eigenvalue weighted by atomic mass is 9.98. The molecule has 2 aliphatic heterocycles. The third-order valence-electron chi connectivity index (χ3n) is 7.64. The monoisotopic (exact) mass is 545 g/mol. The number of pyridine rings is 1. The Balaban J connectivity index is 1.40. The SMILES string of the molecule is CCOc1cc2cnc(Nc3ccc(C4CCN(C)C4)cc3)nc2n(C2Cc3ccccc3CS2(=O)=O)c1=O. The molecule has 202 valence electrons. The number of sulfone groups is 1. The molecule has 2 atom stereocenters. The fraction of sp³-hybridized carbons (Fsp3) is 0.345. The van der Waals surface area contributed by atoms with E-state index in [-0.39, 0.29) is 36.1 Å². The number of hydrogen-bond acceptors (Lipinski definition) is 8. The van der Waals surface area contributed by atoms with Gasteiger partial charge in [0.1, 0.15) is 11.0 Å². The Labute approximate surface area is 227 Å². The zero-order valence-electron chi connectivity index (χ0n) is 22.0. The van der Waals surface area contributed by atoms with E-state index in [0.717, 1.165) is 36.3 Å². The van der Waals surface area contributed by atoms with Gasteiger partial charge in [-0.3, -0.25) is 9.36 Å². The summed E-state index contributed by atoms with van der Waals surface area (Å²) in [6.07, 6.45) is 2.91. The zero-order valence-corrected chi connectivity index (χ0v) is 22.8. The van der Waals surface area contributed by atoms with Gasteiger partial charge in [-0.05, 0) is 67.7 Å². The Morgan fingerprint density at radius 2 is 1.87 bits per heavy atom. The fourth-order valence-corrected chi connectivity index (χ4v) is 7.49. The predicted octanol–water partition coefficient (Wildman–Crippen LogP) is 4.02. The maximum atomic E-state index is 13.6. The van der Waals surface area contributed by atoms with Crippen molar-refractivity contribution in [1.29, 1.82) is 0 Å². The van der Waals surface area contributed by atoms with E-state index in [9.17, 15) is 13.2 Å². The number of rotatable bonds is 6. The molecular formula is C29H31N5O4S. The van der Waals surface area contributed by atoms with Crippen molar-refractivity contribution in [3.63, 3.8) is 0 Å². The van der Waals surface area contributed by atoms with Crippen molar-refractivity contribution in [2.75, 3.05) is 32.1 Å². The maximum absolute atomic E-state index is 13.6. The second kappa shape index (κ2) is 10.1. The molecule has 0 spiro atoms. The lowest BCUT2D eigenvalue weighted by Gasteiger charge is -2.27. The summed E-state index contributed by atoms with van der Waals surface area (Å²) in [6.45, 7) is 4.21. The van der Waals surface area contributed by atoms with E-state index >= 15 is 0 Å². The summed E-state index contributed by atoms with van der Waals surface area (Å²) >= 11 is 0. The van der Waals surface area contributed by atoms with E-state index in [1.54, 1.807) is 19.2 Å². The Morgan fingerprint density at radius 3 is 2.59 bits per heavy atom. The topological polar surface area (TPSA) is 106 Å². The summed E-state index contributed by atoms with van der Waals surface area (Å²) in [4.78, 5) is 25.1. The molecule has 4 aromatic rings. The Hall–Kier alpha value is -3.76. The molecule has 0 bridgehead atoms. The molecule has 1 fully saturated rings. The quantitative estimate of drug-likeness (QED) is 0.387.